The van der Waals surface area contributed by atoms with Gasteiger partial charge in [0.2, 0.25) is 0 Å². The molecule has 1 aliphatic heterocycles. The summed E-state index contributed by atoms with van der Waals surface area (Å²) < 4.78 is 2.03. The second kappa shape index (κ2) is 6.01. The van der Waals surface area contributed by atoms with Gasteiger partial charge in [0, 0.05) is 24.3 Å². The highest BCUT2D eigenvalue weighted by Gasteiger charge is 2.35. The number of nitrogens with two attached hydrogens (primary N) is 1. The van der Waals surface area contributed by atoms with Crippen LogP contribution in [0.5, 0.6) is 0 Å². The van der Waals surface area contributed by atoms with Gasteiger partial charge in [0.1, 0.15) is 6.33 Å². The number of nitrogens with zero attached hydrogens (tertiary/aromatic N) is 3. The van der Waals surface area contributed by atoms with E-state index < -0.39 is 0 Å². The Morgan fingerprint density at radius 2 is 1.96 bits per heavy atom. The SMILES string of the molecule is CC1(CN)CCN(C(=O)c2ccc(-n3cnc4ccccc43)cc2)C1. The fraction of sp³-hybridized carbons (Fsp3) is 0.300. The number of carbonyl (C=O) groups is 1. The summed E-state index contributed by atoms with van der Waals surface area (Å²) in [5.74, 6) is 0.0826. The highest BCUT2D eigenvalue weighted by Crippen LogP contribution is 2.29. The number of amides is 1. The van der Waals surface area contributed by atoms with Crippen LogP contribution in [-0.2, 0) is 0 Å². The largest absolute Gasteiger partial charge is 0.338 e. The van der Waals surface area contributed by atoms with E-state index in [0.717, 1.165) is 41.8 Å². The average molecular weight is 334 g/mol. The van der Waals surface area contributed by atoms with Crippen molar-refractivity contribution >= 4 is 16.9 Å². The topological polar surface area (TPSA) is 64.2 Å². The Balaban J connectivity index is 1.57. The fourth-order valence-electron chi connectivity index (χ4n) is 3.48. The zero-order valence-electron chi connectivity index (χ0n) is 14.4. The van der Waals surface area contributed by atoms with Crippen molar-refractivity contribution < 1.29 is 4.79 Å². The summed E-state index contributed by atoms with van der Waals surface area (Å²) in [4.78, 5) is 19.1. The van der Waals surface area contributed by atoms with Gasteiger partial charge in [0.05, 0.1) is 11.0 Å². The Kier molecular flexibility index (Phi) is 3.81. The minimum atomic E-state index is 0.0470. The smallest absolute Gasteiger partial charge is 0.253 e. The molecule has 1 aliphatic rings. The summed E-state index contributed by atoms with van der Waals surface area (Å²) in [6.45, 7) is 4.27. The molecule has 128 valence electrons. The molecular weight excluding hydrogens is 312 g/mol. The standard InChI is InChI=1S/C20H22N4O/c1-20(12-21)10-11-23(13-20)19(25)15-6-8-16(9-7-15)24-14-22-17-4-2-3-5-18(17)24/h2-9,14H,10-13,21H2,1H3. The first-order valence-electron chi connectivity index (χ1n) is 8.62. The van der Waals surface area contributed by atoms with Crippen LogP contribution in [0.4, 0.5) is 0 Å². The molecule has 5 nitrogen and oxygen atoms in total. The van der Waals surface area contributed by atoms with E-state index in [0.29, 0.717) is 6.54 Å². The lowest BCUT2D eigenvalue weighted by Gasteiger charge is -2.22. The predicted molar refractivity (Wildman–Crippen MR) is 98.8 cm³/mol. The predicted octanol–water partition coefficient (Wildman–Crippen LogP) is 2.84. The lowest BCUT2D eigenvalue weighted by atomic mass is 9.90. The number of imidazole rings is 1. The van der Waals surface area contributed by atoms with Gasteiger partial charge in [-0.25, -0.2) is 4.98 Å². The normalized spacial score (nSPS) is 20.3. The maximum atomic E-state index is 12.7. The Hall–Kier alpha value is -2.66. The van der Waals surface area contributed by atoms with Crippen molar-refractivity contribution in [3.8, 4) is 5.69 Å². The number of hydrogen-bond donors (Lipinski definition) is 1. The Bertz CT molecular complexity index is 915. The highest BCUT2D eigenvalue weighted by molar-refractivity contribution is 5.94. The van der Waals surface area contributed by atoms with Gasteiger partial charge < -0.3 is 10.6 Å². The van der Waals surface area contributed by atoms with Crippen molar-refractivity contribution in [3.05, 3.63) is 60.4 Å². The number of para-hydroxylation sites is 2. The minimum Gasteiger partial charge on any atom is -0.338 e. The molecule has 0 saturated carbocycles. The maximum absolute atomic E-state index is 12.7. The van der Waals surface area contributed by atoms with E-state index in [2.05, 4.69) is 11.9 Å². The molecule has 1 saturated heterocycles. The van der Waals surface area contributed by atoms with Crippen molar-refractivity contribution in [2.24, 2.45) is 11.1 Å². The quantitative estimate of drug-likeness (QED) is 0.801. The third-order valence-corrected chi connectivity index (χ3v) is 5.18. The molecule has 1 amide bonds. The third kappa shape index (κ3) is 2.81. The summed E-state index contributed by atoms with van der Waals surface area (Å²) in [6.07, 6.45) is 2.78. The molecule has 4 rings (SSSR count). The first kappa shape index (κ1) is 15.8. The molecular formula is C20H22N4O. The number of carbonyl (C=O) groups excluding carboxylic acids is 1. The van der Waals surface area contributed by atoms with Gasteiger partial charge >= 0.3 is 0 Å². The summed E-state index contributed by atoms with van der Waals surface area (Å²) >= 11 is 0. The van der Waals surface area contributed by atoms with Crippen LogP contribution in [0, 0.1) is 5.41 Å². The molecule has 3 aromatic rings. The summed E-state index contributed by atoms with van der Waals surface area (Å²) in [5.41, 5.74) is 9.62. The molecule has 5 heteroatoms. The summed E-state index contributed by atoms with van der Waals surface area (Å²) in [7, 11) is 0. The van der Waals surface area contributed by atoms with Crippen LogP contribution in [0.1, 0.15) is 23.7 Å². The highest BCUT2D eigenvalue weighted by atomic mass is 16.2. The summed E-state index contributed by atoms with van der Waals surface area (Å²) in [6, 6.07) is 15.7. The second-order valence-electron chi connectivity index (χ2n) is 7.14. The van der Waals surface area contributed by atoms with Crippen molar-refractivity contribution in [2.75, 3.05) is 19.6 Å². The van der Waals surface area contributed by atoms with Crippen molar-refractivity contribution in [1.29, 1.82) is 0 Å². The van der Waals surface area contributed by atoms with Crippen LogP contribution in [0.15, 0.2) is 54.9 Å². The number of fused-ring (bicyclic) bond motifs is 1. The molecule has 2 heterocycles. The molecule has 0 spiro atoms. The molecule has 0 bridgehead atoms. The van der Waals surface area contributed by atoms with Crippen LogP contribution in [0.2, 0.25) is 0 Å². The van der Waals surface area contributed by atoms with Crippen LogP contribution in [0.3, 0.4) is 0 Å². The number of rotatable bonds is 3. The van der Waals surface area contributed by atoms with E-state index in [1.54, 1.807) is 0 Å². The van der Waals surface area contributed by atoms with Crippen LogP contribution < -0.4 is 5.73 Å². The van der Waals surface area contributed by atoms with Crippen LogP contribution in [-0.4, -0.2) is 40.0 Å². The number of benzene rings is 2. The lowest BCUT2D eigenvalue weighted by Crippen LogP contribution is -2.34. The van der Waals surface area contributed by atoms with E-state index in [1.165, 1.54) is 0 Å². The van der Waals surface area contributed by atoms with Crippen LogP contribution >= 0.6 is 0 Å². The Morgan fingerprint density at radius 1 is 1.20 bits per heavy atom. The zero-order chi connectivity index (χ0) is 17.4. The number of hydrogen-bond acceptors (Lipinski definition) is 3. The van der Waals surface area contributed by atoms with E-state index in [-0.39, 0.29) is 11.3 Å². The molecule has 1 unspecified atom stereocenters. The van der Waals surface area contributed by atoms with Crippen molar-refractivity contribution in [2.45, 2.75) is 13.3 Å². The van der Waals surface area contributed by atoms with Crippen molar-refractivity contribution in [3.63, 3.8) is 0 Å². The molecule has 1 aromatic heterocycles. The lowest BCUT2D eigenvalue weighted by molar-refractivity contribution is 0.0777. The Labute approximate surface area is 147 Å². The van der Waals surface area contributed by atoms with E-state index in [9.17, 15) is 4.79 Å². The van der Waals surface area contributed by atoms with E-state index >= 15 is 0 Å². The van der Waals surface area contributed by atoms with Gasteiger partial charge in [-0.3, -0.25) is 9.36 Å². The minimum absolute atomic E-state index is 0.0470. The molecule has 0 radical (unpaired) electrons. The van der Waals surface area contributed by atoms with Crippen LogP contribution in [0.25, 0.3) is 16.7 Å². The van der Waals surface area contributed by atoms with Gasteiger partial charge in [0.15, 0.2) is 0 Å². The molecule has 0 aliphatic carbocycles. The van der Waals surface area contributed by atoms with Crippen molar-refractivity contribution in [1.82, 2.24) is 14.5 Å². The van der Waals surface area contributed by atoms with Gasteiger partial charge in [-0.2, -0.15) is 0 Å². The Morgan fingerprint density at radius 3 is 2.68 bits per heavy atom. The maximum Gasteiger partial charge on any atom is 0.253 e. The summed E-state index contributed by atoms with van der Waals surface area (Å²) in [5, 5.41) is 0. The molecule has 2 N–H and O–H groups in total. The molecule has 1 fully saturated rings. The van der Waals surface area contributed by atoms with E-state index in [4.69, 9.17) is 5.73 Å². The monoisotopic (exact) mass is 334 g/mol. The third-order valence-electron chi connectivity index (χ3n) is 5.18. The number of aromatic nitrogens is 2. The zero-order valence-corrected chi connectivity index (χ0v) is 14.4. The second-order valence-corrected chi connectivity index (χ2v) is 7.14. The van der Waals surface area contributed by atoms with Gasteiger partial charge in [-0.15, -0.1) is 0 Å². The van der Waals surface area contributed by atoms with Gasteiger partial charge in [-0.05, 0) is 54.8 Å². The first-order chi connectivity index (χ1) is 12.1. The van der Waals surface area contributed by atoms with Gasteiger partial charge in [0.25, 0.3) is 5.91 Å². The molecule has 25 heavy (non-hydrogen) atoms. The molecule has 2 aromatic carbocycles. The van der Waals surface area contributed by atoms with Gasteiger partial charge in [-0.1, -0.05) is 19.1 Å². The number of likely N-dealkylation sites (tertiary alicyclic amines) is 1. The van der Waals surface area contributed by atoms with E-state index in [1.807, 2.05) is 64.3 Å². The first-order valence-corrected chi connectivity index (χ1v) is 8.62. The average Bonchev–Trinajstić information content (AvgIpc) is 3.26. The molecule has 1 atom stereocenters. The fourth-order valence-corrected chi connectivity index (χ4v) is 3.48.